The van der Waals surface area contributed by atoms with Crippen molar-refractivity contribution < 1.29 is 0 Å². The molecule has 0 radical (unpaired) electrons. The summed E-state index contributed by atoms with van der Waals surface area (Å²) in [5.41, 5.74) is 6.40. The van der Waals surface area contributed by atoms with Crippen LogP contribution in [0.25, 0.3) is 0 Å². The Balaban J connectivity index is 2.50. The summed E-state index contributed by atoms with van der Waals surface area (Å²) in [6.07, 6.45) is 2.54. The molecule has 9 heteroatoms. The summed E-state index contributed by atoms with van der Waals surface area (Å²) in [7, 11) is 0. The molecular formula is C19H27Cl2N5O2. The van der Waals surface area contributed by atoms with E-state index in [-0.39, 0.29) is 16.1 Å². The van der Waals surface area contributed by atoms with E-state index in [1.807, 2.05) is 11.8 Å². The van der Waals surface area contributed by atoms with Crippen LogP contribution >= 0.6 is 23.2 Å². The number of H-pyrrole nitrogens is 1. The van der Waals surface area contributed by atoms with Gasteiger partial charge in [-0.15, -0.1) is 0 Å². The highest BCUT2D eigenvalue weighted by molar-refractivity contribution is 6.32. The van der Waals surface area contributed by atoms with Gasteiger partial charge in [-0.1, -0.05) is 50.4 Å². The number of aromatic amines is 1. The fraction of sp³-hybridized carbons (Fsp3) is 0.526. The van der Waals surface area contributed by atoms with Gasteiger partial charge in [0.2, 0.25) is 0 Å². The molecule has 7 nitrogen and oxygen atoms in total. The lowest BCUT2D eigenvalue weighted by Gasteiger charge is -2.27. The van der Waals surface area contributed by atoms with E-state index in [1.165, 1.54) is 4.57 Å². The van der Waals surface area contributed by atoms with Crippen LogP contribution in [0.5, 0.6) is 0 Å². The standard InChI is InChI=1S/C19H27Cl2N5O2/c1-4-5-7-26-17(22)16(18(27)24-19(26)28)25(8-6-12(2)3)11-13-9-14(20)23-15(21)10-13/h9-10,12H,4-8,11,22H2,1-3H3,(H,24,27,28). The minimum atomic E-state index is -0.495. The number of unbranched alkanes of at least 4 members (excludes halogenated alkanes) is 1. The van der Waals surface area contributed by atoms with Gasteiger partial charge < -0.3 is 10.6 Å². The Hall–Kier alpha value is -1.99. The molecule has 0 aromatic carbocycles. The zero-order valence-corrected chi connectivity index (χ0v) is 18.0. The van der Waals surface area contributed by atoms with Crippen molar-refractivity contribution in [1.29, 1.82) is 0 Å². The molecule has 0 saturated carbocycles. The molecule has 0 aliphatic rings. The predicted molar refractivity (Wildman–Crippen MR) is 115 cm³/mol. The van der Waals surface area contributed by atoms with E-state index in [4.69, 9.17) is 28.9 Å². The molecule has 0 aliphatic carbocycles. The highest BCUT2D eigenvalue weighted by Crippen LogP contribution is 2.23. The van der Waals surface area contributed by atoms with Crippen LogP contribution in [-0.2, 0) is 13.1 Å². The number of nitrogen functional groups attached to an aromatic ring is 1. The van der Waals surface area contributed by atoms with Crippen molar-refractivity contribution in [3.63, 3.8) is 0 Å². The average Bonchev–Trinajstić information content (AvgIpc) is 2.58. The molecule has 0 saturated heterocycles. The molecule has 2 aromatic rings. The van der Waals surface area contributed by atoms with Crippen LogP contribution in [-0.4, -0.2) is 21.1 Å². The second-order valence-corrected chi connectivity index (χ2v) is 8.00. The van der Waals surface area contributed by atoms with Crippen molar-refractivity contribution in [3.05, 3.63) is 48.8 Å². The number of hydrogen-bond donors (Lipinski definition) is 2. The van der Waals surface area contributed by atoms with Gasteiger partial charge in [-0.2, -0.15) is 0 Å². The monoisotopic (exact) mass is 427 g/mol. The number of halogens is 2. The molecule has 0 fully saturated rings. The minimum Gasteiger partial charge on any atom is -0.383 e. The quantitative estimate of drug-likeness (QED) is 0.594. The van der Waals surface area contributed by atoms with E-state index >= 15 is 0 Å². The third-order valence-corrected chi connectivity index (χ3v) is 4.83. The summed E-state index contributed by atoms with van der Waals surface area (Å²) in [6.45, 7) is 7.65. The molecular weight excluding hydrogens is 401 g/mol. The predicted octanol–water partition coefficient (Wildman–Crippen LogP) is 3.67. The average molecular weight is 428 g/mol. The van der Waals surface area contributed by atoms with Gasteiger partial charge in [-0.25, -0.2) is 9.78 Å². The van der Waals surface area contributed by atoms with Crippen molar-refractivity contribution in [3.8, 4) is 0 Å². The summed E-state index contributed by atoms with van der Waals surface area (Å²) in [5, 5.41) is 0.558. The first-order chi connectivity index (χ1) is 13.2. The maximum Gasteiger partial charge on any atom is 0.330 e. The molecule has 0 bridgehead atoms. The third kappa shape index (κ3) is 5.75. The minimum absolute atomic E-state index is 0.178. The summed E-state index contributed by atoms with van der Waals surface area (Å²) >= 11 is 12.0. The maximum absolute atomic E-state index is 12.6. The Kier molecular flexibility index (Phi) is 7.95. The Morgan fingerprint density at radius 3 is 2.46 bits per heavy atom. The molecule has 0 aliphatic heterocycles. The molecule has 3 N–H and O–H groups in total. The Morgan fingerprint density at radius 2 is 1.89 bits per heavy atom. The second kappa shape index (κ2) is 9.98. The van der Waals surface area contributed by atoms with Gasteiger partial charge >= 0.3 is 5.69 Å². The first-order valence-corrected chi connectivity index (χ1v) is 10.2. The first-order valence-electron chi connectivity index (χ1n) is 9.42. The lowest BCUT2D eigenvalue weighted by atomic mass is 10.1. The smallest absolute Gasteiger partial charge is 0.330 e. The van der Waals surface area contributed by atoms with E-state index in [1.54, 1.807) is 12.1 Å². The Bertz CT molecular complexity index is 903. The van der Waals surface area contributed by atoms with Crippen LogP contribution in [0.4, 0.5) is 11.5 Å². The van der Waals surface area contributed by atoms with Crippen molar-refractivity contribution >= 4 is 34.7 Å². The molecule has 0 amide bonds. The largest absolute Gasteiger partial charge is 0.383 e. The van der Waals surface area contributed by atoms with E-state index in [0.717, 1.165) is 24.8 Å². The van der Waals surface area contributed by atoms with Crippen molar-refractivity contribution in [2.45, 2.75) is 53.1 Å². The molecule has 0 unspecified atom stereocenters. The van der Waals surface area contributed by atoms with Crippen molar-refractivity contribution in [1.82, 2.24) is 14.5 Å². The van der Waals surface area contributed by atoms with Crippen molar-refractivity contribution in [2.24, 2.45) is 5.92 Å². The lowest BCUT2D eigenvalue weighted by Crippen LogP contribution is -2.39. The van der Waals surface area contributed by atoms with Crippen LogP contribution in [0.1, 0.15) is 45.6 Å². The molecule has 2 rings (SSSR count). The van der Waals surface area contributed by atoms with Crippen LogP contribution < -0.4 is 21.9 Å². The zero-order chi connectivity index (χ0) is 20.8. The molecule has 2 aromatic heterocycles. The van der Waals surface area contributed by atoms with Gasteiger partial charge in [0.05, 0.1) is 0 Å². The third-order valence-electron chi connectivity index (χ3n) is 4.44. The summed E-state index contributed by atoms with van der Waals surface area (Å²) in [4.78, 5) is 33.1. The molecule has 0 atom stereocenters. The van der Waals surface area contributed by atoms with Gasteiger partial charge in [0, 0.05) is 19.6 Å². The van der Waals surface area contributed by atoms with Crippen LogP contribution in [0.2, 0.25) is 10.3 Å². The van der Waals surface area contributed by atoms with Crippen LogP contribution in [0, 0.1) is 5.92 Å². The van der Waals surface area contributed by atoms with E-state index in [9.17, 15) is 9.59 Å². The summed E-state index contributed by atoms with van der Waals surface area (Å²) in [5.74, 6) is 0.607. The number of pyridine rings is 1. The van der Waals surface area contributed by atoms with Gasteiger partial charge in [0.1, 0.15) is 21.8 Å². The lowest BCUT2D eigenvalue weighted by molar-refractivity contribution is 0.565. The van der Waals surface area contributed by atoms with Crippen LogP contribution in [0.3, 0.4) is 0 Å². The van der Waals surface area contributed by atoms with E-state index in [0.29, 0.717) is 31.2 Å². The number of anilines is 2. The summed E-state index contributed by atoms with van der Waals surface area (Å²) in [6, 6.07) is 3.40. The highest BCUT2D eigenvalue weighted by atomic mass is 35.5. The fourth-order valence-corrected chi connectivity index (χ4v) is 3.44. The van der Waals surface area contributed by atoms with Crippen LogP contribution in [0.15, 0.2) is 21.7 Å². The first kappa shape index (κ1) is 22.3. The summed E-state index contributed by atoms with van der Waals surface area (Å²) < 4.78 is 1.43. The number of rotatable bonds is 9. The molecule has 2 heterocycles. The second-order valence-electron chi connectivity index (χ2n) is 7.22. The Labute approximate surface area is 174 Å². The highest BCUT2D eigenvalue weighted by Gasteiger charge is 2.20. The number of aromatic nitrogens is 3. The SMILES string of the molecule is CCCCn1c(N)c(N(CCC(C)C)Cc2cc(Cl)nc(Cl)c2)c(=O)[nH]c1=O. The number of nitrogens with two attached hydrogens (primary N) is 1. The molecule has 154 valence electrons. The number of nitrogens with one attached hydrogen (secondary N) is 1. The Morgan fingerprint density at radius 1 is 1.25 bits per heavy atom. The normalized spacial score (nSPS) is 11.2. The van der Waals surface area contributed by atoms with Gasteiger partial charge in [0.25, 0.3) is 5.56 Å². The van der Waals surface area contributed by atoms with Gasteiger partial charge in [-0.3, -0.25) is 14.3 Å². The molecule has 28 heavy (non-hydrogen) atoms. The fourth-order valence-electron chi connectivity index (χ4n) is 2.93. The van der Waals surface area contributed by atoms with E-state index < -0.39 is 11.2 Å². The zero-order valence-electron chi connectivity index (χ0n) is 16.5. The molecule has 0 spiro atoms. The topological polar surface area (TPSA) is 97.0 Å². The number of hydrogen-bond acceptors (Lipinski definition) is 5. The maximum atomic E-state index is 12.6. The van der Waals surface area contributed by atoms with Gasteiger partial charge in [-0.05, 0) is 36.5 Å². The van der Waals surface area contributed by atoms with Gasteiger partial charge in [0.15, 0.2) is 0 Å². The number of nitrogens with zero attached hydrogens (tertiary/aromatic N) is 3. The van der Waals surface area contributed by atoms with E-state index in [2.05, 4.69) is 23.8 Å². The van der Waals surface area contributed by atoms with Crippen molar-refractivity contribution in [2.75, 3.05) is 17.2 Å².